The first-order valence-electron chi connectivity index (χ1n) is 5.55. The van der Waals surface area contributed by atoms with Gasteiger partial charge in [0, 0.05) is 0 Å². The molecule has 0 aromatic heterocycles. The molecular weight excluding hydrogens is 159 g/mol. The second kappa shape index (κ2) is 3.31. The van der Waals surface area contributed by atoms with Gasteiger partial charge in [0.25, 0.3) is 0 Å². The molecule has 1 saturated heterocycles. The first kappa shape index (κ1) is 9.58. The quantitative estimate of drug-likeness (QED) is 0.469. The van der Waals surface area contributed by atoms with Crippen LogP contribution in [0.5, 0.6) is 0 Å². The van der Waals surface area contributed by atoms with Gasteiger partial charge in [0.2, 0.25) is 0 Å². The molecule has 2 heteroatoms. The van der Waals surface area contributed by atoms with Gasteiger partial charge in [-0.2, -0.15) is 0 Å². The Labute approximate surface area is 82.5 Å². The van der Waals surface area contributed by atoms with E-state index in [0.29, 0.717) is 17.6 Å². The predicted molar refractivity (Wildman–Crippen MR) is 56.3 cm³/mol. The summed E-state index contributed by atoms with van der Waals surface area (Å²) in [5, 5.41) is 0. The van der Waals surface area contributed by atoms with Crippen LogP contribution in [0.25, 0.3) is 0 Å². The number of hydrogen-bond donors (Lipinski definition) is 0. The van der Waals surface area contributed by atoms with E-state index < -0.39 is 0 Å². The van der Waals surface area contributed by atoms with E-state index in [4.69, 9.17) is 4.74 Å². The molecule has 1 nitrogen and oxygen atoms in total. The molecule has 1 aliphatic carbocycles. The van der Waals surface area contributed by atoms with Crippen molar-refractivity contribution in [1.82, 2.24) is 0 Å². The fraction of sp³-hybridized carbons (Fsp3) is 1.00. The van der Waals surface area contributed by atoms with Gasteiger partial charge in [-0.15, -0.1) is 0 Å². The second-order valence-corrected chi connectivity index (χ2v) is 5.73. The van der Waals surface area contributed by atoms with Crippen molar-refractivity contribution in [2.24, 2.45) is 5.41 Å². The van der Waals surface area contributed by atoms with Crippen molar-refractivity contribution in [3.05, 3.63) is 0 Å². The third-order valence-corrected chi connectivity index (χ3v) is 3.10. The van der Waals surface area contributed by atoms with Crippen LogP contribution in [0.4, 0.5) is 0 Å². The third-order valence-electron chi connectivity index (χ3n) is 3.10. The molecule has 1 radical (unpaired) electrons. The maximum Gasteiger partial charge on any atom is 0.117 e. The van der Waals surface area contributed by atoms with Gasteiger partial charge in [-0.05, 0) is 17.7 Å². The van der Waals surface area contributed by atoms with Crippen LogP contribution >= 0.6 is 0 Å². The van der Waals surface area contributed by atoms with E-state index in [2.05, 4.69) is 28.1 Å². The van der Waals surface area contributed by atoms with Gasteiger partial charge in [-0.1, -0.05) is 39.9 Å². The third kappa shape index (κ3) is 2.49. The Balaban J connectivity index is 1.75. The van der Waals surface area contributed by atoms with Gasteiger partial charge in [-0.25, -0.2) is 0 Å². The van der Waals surface area contributed by atoms with Gasteiger partial charge in [0.05, 0.1) is 12.2 Å². The summed E-state index contributed by atoms with van der Waals surface area (Å²) < 4.78 is 5.62. The smallest absolute Gasteiger partial charge is 0.117 e. The largest absolute Gasteiger partial charge is 0.370 e. The molecule has 2 fully saturated rings. The monoisotopic (exact) mass is 179 g/mol. The Morgan fingerprint density at radius 3 is 2.77 bits per heavy atom. The van der Waals surface area contributed by atoms with E-state index in [9.17, 15) is 0 Å². The van der Waals surface area contributed by atoms with Crippen molar-refractivity contribution >= 4 is 7.28 Å². The molecule has 0 bridgehead atoms. The lowest BCUT2D eigenvalue weighted by atomic mass is 9.52. The van der Waals surface area contributed by atoms with E-state index in [-0.39, 0.29) is 0 Å². The fourth-order valence-electron chi connectivity index (χ4n) is 2.24. The highest BCUT2D eigenvalue weighted by molar-refractivity contribution is 6.38. The zero-order valence-electron chi connectivity index (χ0n) is 9.05. The molecule has 0 aromatic rings. The van der Waals surface area contributed by atoms with Gasteiger partial charge in [-0.3, -0.25) is 0 Å². The van der Waals surface area contributed by atoms with Crippen LogP contribution in [-0.2, 0) is 4.74 Å². The summed E-state index contributed by atoms with van der Waals surface area (Å²) in [6.45, 7) is 6.91. The Hall–Kier alpha value is 0.0249. The number of rotatable bonds is 2. The minimum absolute atomic E-state index is 0.446. The summed E-state index contributed by atoms with van der Waals surface area (Å²) >= 11 is 0. The highest BCUT2D eigenvalue weighted by atomic mass is 16.6. The van der Waals surface area contributed by atoms with Gasteiger partial charge >= 0.3 is 0 Å². The van der Waals surface area contributed by atoms with Crippen molar-refractivity contribution in [2.45, 2.75) is 64.4 Å². The molecule has 0 N–H and O–H groups in total. The first-order valence-corrected chi connectivity index (χ1v) is 5.55. The highest BCUT2D eigenvalue weighted by Gasteiger charge is 2.46. The molecule has 3 atom stereocenters. The predicted octanol–water partition coefficient (Wildman–Crippen LogP) is 2.89. The van der Waals surface area contributed by atoms with Gasteiger partial charge in [0.15, 0.2) is 0 Å². The molecule has 0 aromatic carbocycles. The number of epoxide rings is 1. The van der Waals surface area contributed by atoms with Crippen molar-refractivity contribution in [1.29, 1.82) is 0 Å². The minimum Gasteiger partial charge on any atom is -0.370 e. The Morgan fingerprint density at radius 2 is 2.08 bits per heavy atom. The molecule has 1 heterocycles. The Bertz CT molecular complexity index is 185. The van der Waals surface area contributed by atoms with E-state index in [1.165, 1.54) is 25.6 Å². The molecule has 1 saturated carbocycles. The number of hydrogen-bond acceptors (Lipinski definition) is 1. The van der Waals surface area contributed by atoms with Crippen molar-refractivity contribution in [2.75, 3.05) is 0 Å². The lowest BCUT2D eigenvalue weighted by Gasteiger charge is -2.23. The number of fused-ring (bicyclic) bond motifs is 1. The van der Waals surface area contributed by atoms with Crippen LogP contribution in [-0.4, -0.2) is 19.5 Å². The lowest BCUT2D eigenvalue weighted by Crippen LogP contribution is -2.20. The molecule has 0 amide bonds. The second-order valence-electron chi connectivity index (χ2n) is 5.73. The Morgan fingerprint density at radius 1 is 1.31 bits per heavy atom. The molecular formula is C11H20BO. The van der Waals surface area contributed by atoms with E-state index in [0.717, 1.165) is 5.82 Å². The summed E-state index contributed by atoms with van der Waals surface area (Å²) in [7, 11) is 2.50. The van der Waals surface area contributed by atoms with Crippen LogP contribution in [0.1, 0.15) is 40.0 Å². The molecule has 0 spiro atoms. The molecule has 2 aliphatic rings. The summed E-state index contributed by atoms with van der Waals surface area (Å²) in [6, 6.07) is 0. The lowest BCUT2D eigenvalue weighted by molar-refractivity contribution is 0.371. The molecule has 73 valence electrons. The van der Waals surface area contributed by atoms with Crippen molar-refractivity contribution < 1.29 is 4.74 Å². The zero-order chi connectivity index (χ0) is 9.47. The summed E-state index contributed by atoms with van der Waals surface area (Å²) in [5.41, 5.74) is 0.446. The summed E-state index contributed by atoms with van der Waals surface area (Å²) in [4.78, 5) is 0. The molecule has 1 aliphatic heterocycles. The molecule has 3 unspecified atom stereocenters. The van der Waals surface area contributed by atoms with Crippen LogP contribution in [0, 0.1) is 5.41 Å². The minimum atomic E-state index is 0.446. The van der Waals surface area contributed by atoms with Crippen LogP contribution in [0.2, 0.25) is 12.1 Å². The van der Waals surface area contributed by atoms with Crippen LogP contribution in [0.15, 0.2) is 0 Å². The summed E-state index contributed by atoms with van der Waals surface area (Å²) in [5.74, 6) is 0.762. The van der Waals surface area contributed by atoms with E-state index in [1.54, 1.807) is 0 Å². The summed E-state index contributed by atoms with van der Waals surface area (Å²) in [6.07, 6.45) is 6.50. The molecule has 13 heavy (non-hydrogen) atoms. The van der Waals surface area contributed by atoms with Crippen LogP contribution in [0.3, 0.4) is 0 Å². The van der Waals surface area contributed by atoms with Crippen molar-refractivity contribution in [3.63, 3.8) is 0 Å². The SMILES string of the molecule is CC(C)(C)C[B]C1CCCC2OC12. The average molecular weight is 179 g/mol. The topological polar surface area (TPSA) is 12.5 Å². The fourth-order valence-corrected chi connectivity index (χ4v) is 2.24. The zero-order valence-corrected chi connectivity index (χ0v) is 9.05. The standard InChI is InChI=1S/C11H20BO/c1-11(2,3)7-12-8-5-4-6-9-10(8)13-9/h8-10H,4-7H2,1-3H3. The molecule has 2 rings (SSSR count). The normalized spacial score (nSPS) is 38.2. The van der Waals surface area contributed by atoms with E-state index in [1.807, 2.05) is 0 Å². The Kier molecular flexibility index (Phi) is 2.44. The van der Waals surface area contributed by atoms with E-state index >= 15 is 0 Å². The maximum atomic E-state index is 5.62. The van der Waals surface area contributed by atoms with Crippen molar-refractivity contribution in [3.8, 4) is 0 Å². The highest BCUT2D eigenvalue weighted by Crippen LogP contribution is 2.44. The maximum absolute atomic E-state index is 5.62. The van der Waals surface area contributed by atoms with Crippen LogP contribution < -0.4 is 0 Å². The van der Waals surface area contributed by atoms with Gasteiger partial charge in [0.1, 0.15) is 7.28 Å². The first-order chi connectivity index (χ1) is 6.06. The number of ether oxygens (including phenoxy) is 1. The average Bonchev–Trinajstić information content (AvgIpc) is 2.77. The van der Waals surface area contributed by atoms with Gasteiger partial charge < -0.3 is 4.74 Å².